The van der Waals surface area contributed by atoms with E-state index in [1.165, 1.54) is 4.90 Å². The van der Waals surface area contributed by atoms with Crippen LogP contribution in [0.3, 0.4) is 0 Å². The van der Waals surface area contributed by atoms with Gasteiger partial charge in [-0.15, -0.1) is 0 Å². The van der Waals surface area contributed by atoms with Crippen LogP contribution in [-0.4, -0.2) is 41.0 Å². The number of carbonyl (C=O) groups is 3. The molecule has 0 aliphatic carbocycles. The number of imide groups is 1. The van der Waals surface area contributed by atoms with Crippen molar-refractivity contribution >= 4 is 34.3 Å². The van der Waals surface area contributed by atoms with Crippen molar-refractivity contribution in [1.29, 1.82) is 0 Å². The zero-order valence-corrected chi connectivity index (χ0v) is 9.71. The van der Waals surface area contributed by atoms with Gasteiger partial charge >= 0.3 is 5.97 Å². The van der Waals surface area contributed by atoms with Gasteiger partial charge in [-0.3, -0.25) is 14.9 Å². The van der Waals surface area contributed by atoms with Gasteiger partial charge < -0.3 is 10.0 Å². The van der Waals surface area contributed by atoms with Crippen molar-refractivity contribution in [2.75, 3.05) is 18.0 Å². The van der Waals surface area contributed by atoms with Crippen molar-refractivity contribution in [1.82, 2.24) is 10.3 Å². The fourth-order valence-corrected chi connectivity index (χ4v) is 2.39. The van der Waals surface area contributed by atoms with Crippen LogP contribution in [0.4, 0.5) is 5.13 Å². The van der Waals surface area contributed by atoms with Gasteiger partial charge in [-0.1, -0.05) is 11.3 Å². The van der Waals surface area contributed by atoms with Gasteiger partial charge in [0.15, 0.2) is 5.13 Å². The maximum atomic E-state index is 11.2. The van der Waals surface area contributed by atoms with E-state index in [0.717, 1.165) is 11.3 Å². The summed E-state index contributed by atoms with van der Waals surface area (Å²) in [5.41, 5.74) is 0.385. The van der Waals surface area contributed by atoms with Crippen LogP contribution in [0.5, 0.6) is 0 Å². The number of amides is 2. The van der Waals surface area contributed by atoms with Crippen LogP contribution in [-0.2, 0) is 9.59 Å². The summed E-state index contributed by atoms with van der Waals surface area (Å²) in [6.45, 7) is 1.60. The molecule has 90 valence electrons. The van der Waals surface area contributed by atoms with E-state index in [4.69, 9.17) is 5.11 Å². The maximum absolute atomic E-state index is 11.2. The molecule has 1 aromatic heterocycles. The molecule has 0 radical (unpaired) electrons. The SMILES string of the molecule is Cc1nc(N2CC(=O)NC(=O)C2)sc1C(=O)O. The quantitative estimate of drug-likeness (QED) is 0.698. The third kappa shape index (κ3) is 2.26. The molecular formula is C9H9N3O4S. The van der Waals surface area contributed by atoms with Crippen molar-refractivity contribution in [3.63, 3.8) is 0 Å². The fraction of sp³-hybridized carbons (Fsp3) is 0.333. The molecule has 1 aliphatic rings. The highest BCUT2D eigenvalue weighted by Crippen LogP contribution is 2.26. The number of carboxylic acid groups (broad SMARTS) is 1. The second kappa shape index (κ2) is 4.13. The van der Waals surface area contributed by atoms with Gasteiger partial charge in [0, 0.05) is 0 Å². The number of anilines is 1. The highest BCUT2D eigenvalue weighted by atomic mass is 32.1. The van der Waals surface area contributed by atoms with Crippen LogP contribution in [0.1, 0.15) is 15.4 Å². The Morgan fingerprint density at radius 2 is 2.00 bits per heavy atom. The zero-order chi connectivity index (χ0) is 12.6. The predicted octanol–water partition coefficient (Wildman–Crippen LogP) is -0.387. The van der Waals surface area contributed by atoms with Crippen molar-refractivity contribution < 1.29 is 19.5 Å². The lowest BCUT2D eigenvalue weighted by molar-refractivity contribution is -0.130. The average molecular weight is 255 g/mol. The highest BCUT2D eigenvalue weighted by Gasteiger charge is 2.26. The number of rotatable bonds is 2. The summed E-state index contributed by atoms with van der Waals surface area (Å²) in [5.74, 6) is -1.88. The Morgan fingerprint density at radius 3 is 2.47 bits per heavy atom. The molecule has 0 aromatic carbocycles. The standard InChI is InChI=1S/C9H9N3O4S/c1-4-7(8(15)16)17-9(10-4)12-2-5(13)11-6(14)3-12/h2-3H2,1H3,(H,15,16)(H,11,13,14). The number of thiazole rings is 1. The molecule has 8 heteroatoms. The van der Waals surface area contributed by atoms with Gasteiger partial charge in [0.25, 0.3) is 0 Å². The number of piperazine rings is 1. The number of nitrogens with one attached hydrogen (secondary N) is 1. The van der Waals surface area contributed by atoms with Crippen molar-refractivity contribution in [2.24, 2.45) is 0 Å². The van der Waals surface area contributed by atoms with E-state index in [1.54, 1.807) is 6.92 Å². The molecule has 1 fully saturated rings. The van der Waals surface area contributed by atoms with Gasteiger partial charge in [0.2, 0.25) is 11.8 Å². The third-order valence-corrected chi connectivity index (χ3v) is 3.40. The first-order chi connectivity index (χ1) is 7.97. The summed E-state index contributed by atoms with van der Waals surface area (Å²) < 4.78 is 0. The second-order valence-corrected chi connectivity index (χ2v) is 4.52. The molecule has 0 saturated carbocycles. The smallest absolute Gasteiger partial charge is 0.347 e. The molecule has 2 amide bonds. The molecule has 7 nitrogen and oxygen atoms in total. The van der Waals surface area contributed by atoms with Gasteiger partial charge in [-0.2, -0.15) is 0 Å². The molecule has 0 spiro atoms. The molecule has 2 N–H and O–H groups in total. The van der Waals surface area contributed by atoms with Crippen LogP contribution in [0, 0.1) is 6.92 Å². The minimum absolute atomic E-state index is 0.0117. The lowest BCUT2D eigenvalue weighted by Gasteiger charge is -2.24. The Labute approximate surface area is 100 Å². The number of carboxylic acids is 1. The lowest BCUT2D eigenvalue weighted by atomic mass is 10.3. The number of hydrogen-bond donors (Lipinski definition) is 2. The molecule has 1 aliphatic heterocycles. The molecule has 2 rings (SSSR count). The van der Waals surface area contributed by atoms with Crippen LogP contribution in [0.2, 0.25) is 0 Å². The van der Waals surface area contributed by atoms with E-state index < -0.39 is 17.8 Å². The molecular weight excluding hydrogens is 246 g/mol. The van der Waals surface area contributed by atoms with Crippen LogP contribution >= 0.6 is 11.3 Å². The first-order valence-electron chi connectivity index (χ1n) is 4.75. The number of aromatic nitrogens is 1. The van der Waals surface area contributed by atoms with Gasteiger partial charge in [-0.05, 0) is 6.92 Å². The largest absolute Gasteiger partial charge is 0.477 e. The van der Waals surface area contributed by atoms with Crippen molar-refractivity contribution in [3.05, 3.63) is 10.6 Å². The average Bonchev–Trinajstić information content (AvgIpc) is 2.59. The number of aryl methyl sites for hydroxylation is 1. The normalized spacial score (nSPS) is 15.9. The minimum atomic E-state index is -1.06. The summed E-state index contributed by atoms with van der Waals surface area (Å²) in [4.78, 5) is 38.8. The monoisotopic (exact) mass is 255 g/mol. The molecule has 1 saturated heterocycles. The maximum Gasteiger partial charge on any atom is 0.347 e. The first-order valence-corrected chi connectivity index (χ1v) is 5.57. The van der Waals surface area contributed by atoms with E-state index in [-0.39, 0.29) is 18.0 Å². The number of carbonyl (C=O) groups excluding carboxylic acids is 2. The predicted molar refractivity (Wildman–Crippen MR) is 59.2 cm³/mol. The summed E-state index contributed by atoms with van der Waals surface area (Å²) in [6, 6.07) is 0. The summed E-state index contributed by atoms with van der Waals surface area (Å²) in [6.07, 6.45) is 0. The van der Waals surface area contributed by atoms with Gasteiger partial charge in [0.1, 0.15) is 18.0 Å². The summed E-state index contributed by atoms with van der Waals surface area (Å²) in [5, 5.41) is 11.4. The van der Waals surface area contributed by atoms with Gasteiger partial charge in [0.05, 0.1) is 5.69 Å². The minimum Gasteiger partial charge on any atom is -0.477 e. The Hall–Kier alpha value is -1.96. The second-order valence-electron chi connectivity index (χ2n) is 3.54. The number of hydrogen-bond acceptors (Lipinski definition) is 6. The van der Waals surface area contributed by atoms with Crippen molar-refractivity contribution in [3.8, 4) is 0 Å². The molecule has 0 bridgehead atoms. The van der Waals surface area contributed by atoms with Crippen LogP contribution in [0.25, 0.3) is 0 Å². The molecule has 0 unspecified atom stereocenters. The topological polar surface area (TPSA) is 99.6 Å². The number of aromatic carboxylic acids is 1. The van der Waals surface area contributed by atoms with E-state index in [2.05, 4.69) is 10.3 Å². The summed E-state index contributed by atoms with van der Waals surface area (Å²) in [7, 11) is 0. The first kappa shape index (κ1) is 11.5. The van der Waals surface area contributed by atoms with Gasteiger partial charge in [-0.25, -0.2) is 9.78 Å². The molecule has 0 atom stereocenters. The van der Waals surface area contributed by atoms with E-state index >= 15 is 0 Å². The molecule has 17 heavy (non-hydrogen) atoms. The molecule has 1 aromatic rings. The lowest BCUT2D eigenvalue weighted by Crippen LogP contribution is -2.51. The van der Waals surface area contributed by atoms with Crippen molar-refractivity contribution in [2.45, 2.75) is 6.92 Å². The zero-order valence-electron chi connectivity index (χ0n) is 8.89. The third-order valence-electron chi connectivity index (χ3n) is 2.20. The van der Waals surface area contributed by atoms with E-state index in [9.17, 15) is 14.4 Å². The Balaban J connectivity index is 2.28. The Morgan fingerprint density at radius 1 is 1.41 bits per heavy atom. The Kier molecular flexibility index (Phi) is 2.80. The number of nitrogens with zero attached hydrogens (tertiary/aromatic N) is 2. The highest BCUT2D eigenvalue weighted by molar-refractivity contribution is 7.17. The van der Waals surface area contributed by atoms with Crippen LogP contribution in [0.15, 0.2) is 0 Å². The van der Waals surface area contributed by atoms with E-state index in [0.29, 0.717) is 10.8 Å². The fourth-order valence-electron chi connectivity index (χ4n) is 1.49. The van der Waals surface area contributed by atoms with Crippen LogP contribution < -0.4 is 10.2 Å². The van der Waals surface area contributed by atoms with E-state index in [1.807, 2.05) is 0 Å². The Bertz CT molecular complexity index is 494. The summed E-state index contributed by atoms with van der Waals surface area (Å²) >= 11 is 0.961. The molecule has 2 heterocycles.